The van der Waals surface area contributed by atoms with E-state index in [2.05, 4.69) is 25.7 Å². The van der Waals surface area contributed by atoms with E-state index in [1.807, 2.05) is 25.1 Å². The molecule has 3 rings (SSSR count). The number of rotatable bonds is 4. The summed E-state index contributed by atoms with van der Waals surface area (Å²) in [6.07, 6.45) is 1.48. The lowest BCUT2D eigenvalue weighted by atomic mass is 10.1. The van der Waals surface area contributed by atoms with Gasteiger partial charge < -0.3 is 10.6 Å². The van der Waals surface area contributed by atoms with E-state index in [-0.39, 0.29) is 5.91 Å². The summed E-state index contributed by atoms with van der Waals surface area (Å²) in [4.78, 5) is 19.9. The third kappa shape index (κ3) is 2.73. The van der Waals surface area contributed by atoms with Crippen LogP contribution in [-0.2, 0) is 6.54 Å². The van der Waals surface area contributed by atoms with Crippen molar-refractivity contribution in [3.63, 3.8) is 0 Å². The number of amides is 1. The number of nitrogens with one attached hydrogen (secondary N) is 2. The number of carbonyl (C=O) groups excluding carboxylic acids is 1. The maximum atomic E-state index is 11.5. The van der Waals surface area contributed by atoms with Gasteiger partial charge in [-0.1, -0.05) is 12.1 Å². The molecule has 1 amide bonds. The van der Waals surface area contributed by atoms with Crippen LogP contribution in [0.15, 0.2) is 36.7 Å². The van der Waals surface area contributed by atoms with Crippen LogP contribution in [0.1, 0.15) is 21.6 Å². The molecule has 2 heterocycles. The van der Waals surface area contributed by atoms with E-state index in [4.69, 9.17) is 0 Å². The van der Waals surface area contributed by atoms with Crippen molar-refractivity contribution in [3.8, 4) is 0 Å². The highest BCUT2D eigenvalue weighted by Crippen LogP contribution is 2.12. The summed E-state index contributed by atoms with van der Waals surface area (Å²) in [7, 11) is 1.62. The van der Waals surface area contributed by atoms with Crippen molar-refractivity contribution in [1.82, 2.24) is 24.9 Å². The molecule has 0 saturated heterocycles. The number of fused-ring (bicyclic) bond motifs is 1. The highest BCUT2D eigenvalue weighted by molar-refractivity contribution is 5.93. The summed E-state index contributed by atoms with van der Waals surface area (Å²) in [6.45, 7) is 2.53. The van der Waals surface area contributed by atoms with Gasteiger partial charge in [-0.05, 0) is 24.6 Å². The standard InChI is InChI=1S/C15H16N6O/c1-10-7-13(21-15(20-10)18-9-19-21)17-8-11-3-5-12(6-4-11)14(22)16-2/h3-7,9,17H,8H2,1-2H3,(H,16,22). The van der Waals surface area contributed by atoms with Crippen LogP contribution in [0.3, 0.4) is 0 Å². The molecule has 0 aliphatic carbocycles. The Bertz CT molecular complexity index is 809. The van der Waals surface area contributed by atoms with Gasteiger partial charge in [-0.25, -0.2) is 4.98 Å². The van der Waals surface area contributed by atoms with Gasteiger partial charge in [0.05, 0.1) is 0 Å². The van der Waals surface area contributed by atoms with E-state index >= 15 is 0 Å². The van der Waals surface area contributed by atoms with Crippen LogP contribution in [0, 0.1) is 6.92 Å². The Morgan fingerprint density at radius 3 is 2.77 bits per heavy atom. The summed E-state index contributed by atoms with van der Waals surface area (Å²) < 4.78 is 1.66. The fourth-order valence-corrected chi connectivity index (χ4v) is 2.17. The number of aromatic nitrogens is 4. The highest BCUT2D eigenvalue weighted by Gasteiger charge is 2.06. The molecule has 3 aromatic rings. The van der Waals surface area contributed by atoms with Crippen LogP contribution in [0.2, 0.25) is 0 Å². The molecule has 22 heavy (non-hydrogen) atoms. The van der Waals surface area contributed by atoms with Gasteiger partial charge in [0, 0.05) is 30.9 Å². The van der Waals surface area contributed by atoms with Crippen LogP contribution >= 0.6 is 0 Å². The normalized spacial score (nSPS) is 10.6. The Labute approximate surface area is 127 Å². The Morgan fingerprint density at radius 1 is 1.27 bits per heavy atom. The smallest absolute Gasteiger partial charge is 0.254 e. The van der Waals surface area contributed by atoms with E-state index in [0.29, 0.717) is 17.9 Å². The van der Waals surface area contributed by atoms with Crippen molar-refractivity contribution in [2.75, 3.05) is 12.4 Å². The van der Waals surface area contributed by atoms with Crippen molar-refractivity contribution in [3.05, 3.63) is 53.5 Å². The van der Waals surface area contributed by atoms with Crippen LogP contribution in [0.5, 0.6) is 0 Å². The fourth-order valence-electron chi connectivity index (χ4n) is 2.17. The number of hydrogen-bond donors (Lipinski definition) is 2. The number of carbonyl (C=O) groups is 1. The van der Waals surface area contributed by atoms with Crippen molar-refractivity contribution < 1.29 is 4.79 Å². The van der Waals surface area contributed by atoms with Gasteiger partial charge in [-0.15, -0.1) is 0 Å². The second-order valence-corrected chi connectivity index (χ2v) is 4.88. The van der Waals surface area contributed by atoms with E-state index < -0.39 is 0 Å². The molecule has 7 heteroatoms. The van der Waals surface area contributed by atoms with E-state index in [9.17, 15) is 4.79 Å². The van der Waals surface area contributed by atoms with Gasteiger partial charge in [0.2, 0.25) is 0 Å². The number of hydrogen-bond acceptors (Lipinski definition) is 5. The minimum absolute atomic E-state index is 0.0893. The van der Waals surface area contributed by atoms with Gasteiger partial charge >= 0.3 is 0 Å². The zero-order valence-electron chi connectivity index (χ0n) is 12.4. The summed E-state index contributed by atoms with van der Waals surface area (Å²) in [5, 5.41) is 10.1. The van der Waals surface area contributed by atoms with Gasteiger partial charge in [0.15, 0.2) is 0 Å². The van der Waals surface area contributed by atoms with E-state index in [0.717, 1.165) is 17.1 Å². The molecule has 0 radical (unpaired) electrons. The summed E-state index contributed by atoms with van der Waals surface area (Å²) >= 11 is 0. The largest absolute Gasteiger partial charge is 0.366 e. The molecular weight excluding hydrogens is 280 g/mol. The number of anilines is 1. The first-order valence-corrected chi connectivity index (χ1v) is 6.89. The Morgan fingerprint density at radius 2 is 2.05 bits per heavy atom. The van der Waals surface area contributed by atoms with Crippen LogP contribution in [0.4, 0.5) is 5.82 Å². The molecule has 1 aromatic carbocycles. The van der Waals surface area contributed by atoms with Crippen LogP contribution in [-0.4, -0.2) is 32.5 Å². The lowest BCUT2D eigenvalue weighted by Crippen LogP contribution is -2.17. The summed E-state index contributed by atoms with van der Waals surface area (Å²) in [5.41, 5.74) is 2.58. The number of aryl methyl sites for hydroxylation is 1. The molecule has 2 N–H and O–H groups in total. The zero-order valence-corrected chi connectivity index (χ0v) is 12.4. The highest BCUT2D eigenvalue weighted by atomic mass is 16.1. The third-order valence-corrected chi connectivity index (χ3v) is 3.30. The summed E-state index contributed by atoms with van der Waals surface area (Å²) in [6, 6.07) is 9.37. The molecular formula is C15H16N6O. The first-order chi connectivity index (χ1) is 10.7. The van der Waals surface area contributed by atoms with Crippen LogP contribution < -0.4 is 10.6 Å². The number of benzene rings is 1. The molecule has 0 fully saturated rings. The zero-order chi connectivity index (χ0) is 15.5. The van der Waals surface area contributed by atoms with E-state index in [1.165, 1.54) is 6.33 Å². The van der Waals surface area contributed by atoms with Crippen molar-refractivity contribution in [2.24, 2.45) is 0 Å². The van der Waals surface area contributed by atoms with E-state index in [1.54, 1.807) is 23.7 Å². The first kappa shape index (κ1) is 14.0. The Balaban J connectivity index is 1.76. The molecule has 0 atom stereocenters. The second-order valence-electron chi connectivity index (χ2n) is 4.88. The van der Waals surface area contributed by atoms with Crippen molar-refractivity contribution in [1.29, 1.82) is 0 Å². The average molecular weight is 296 g/mol. The van der Waals surface area contributed by atoms with Gasteiger partial charge in [-0.3, -0.25) is 4.79 Å². The third-order valence-electron chi connectivity index (χ3n) is 3.30. The quantitative estimate of drug-likeness (QED) is 0.760. The minimum Gasteiger partial charge on any atom is -0.366 e. The topological polar surface area (TPSA) is 84.2 Å². The maximum Gasteiger partial charge on any atom is 0.254 e. The lowest BCUT2D eigenvalue weighted by Gasteiger charge is -2.09. The van der Waals surface area contributed by atoms with Gasteiger partial charge in [0.1, 0.15) is 12.1 Å². The first-order valence-electron chi connectivity index (χ1n) is 6.89. The SMILES string of the molecule is CNC(=O)c1ccc(CNc2cc(C)nc3ncnn23)cc1. The average Bonchev–Trinajstić information content (AvgIpc) is 3.00. The molecule has 0 spiro atoms. The molecule has 0 unspecified atom stereocenters. The summed E-state index contributed by atoms with van der Waals surface area (Å²) in [5.74, 6) is 1.31. The second kappa shape index (κ2) is 5.80. The molecule has 0 aliphatic heterocycles. The minimum atomic E-state index is -0.0893. The van der Waals surface area contributed by atoms with Crippen molar-refractivity contribution in [2.45, 2.75) is 13.5 Å². The Hall–Kier alpha value is -2.96. The predicted octanol–water partition coefficient (Wildman–Crippen LogP) is 1.40. The molecule has 0 bridgehead atoms. The van der Waals surface area contributed by atoms with Crippen LogP contribution in [0.25, 0.3) is 5.78 Å². The monoisotopic (exact) mass is 296 g/mol. The van der Waals surface area contributed by atoms with Gasteiger partial charge in [0.25, 0.3) is 11.7 Å². The maximum absolute atomic E-state index is 11.5. The molecule has 0 saturated carbocycles. The van der Waals surface area contributed by atoms with Gasteiger partial charge in [-0.2, -0.15) is 14.6 Å². The molecule has 7 nitrogen and oxygen atoms in total. The Kier molecular flexibility index (Phi) is 3.69. The lowest BCUT2D eigenvalue weighted by molar-refractivity contribution is 0.0963. The van der Waals surface area contributed by atoms with Crippen molar-refractivity contribution >= 4 is 17.5 Å². The molecule has 112 valence electrons. The molecule has 0 aliphatic rings. The molecule has 2 aromatic heterocycles. The number of nitrogens with zero attached hydrogens (tertiary/aromatic N) is 4. The fraction of sp³-hybridized carbons (Fsp3) is 0.200. The predicted molar refractivity (Wildman–Crippen MR) is 82.7 cm³/mol.